The minimum absolute atomic E-state index is 0.0900. The molecule has 9 heteroatoms. The minimum Gasteiger partial charge on any atom is -0.494 e. The van der Waals surface area contributed by atoms with E-state index < -0.39 is 0 Å². The third-order valence-electron chi connectivity index (χ3n) is 3.90. The number of hydrogen-bond donors (Lipinski definition) is 1. The van der Waals surface area contributed by atoms with Gasteiger partial charge in [-0.15, -0.1) is 10.2 Å². The third-order valence-corrected chi connectivity index (χ3v) is 5.08. The molecule has 0 aliphatic rings. The number of benzene rings is 2. The Balaban J connectivity index is 1.80. The van der Waals surface area contributed by atoms with Crippen molar-refractivity contribution in [3.05, 3.63) is 59.4 Å². The lowest BCUT2D eigenvalue weighted by atomic mass is 10.3. The van der Waals surface area contributed by atoms with Crippen LogP contribution in [0.3, 0.4) is 0 Å². The van der Waals surface area contributed by atoms with Crippen LogP contribution in [0.25, 0.3) is 5.69 Å². The van der Waals surface area contributed by atoms with Crippen molar-refractivity contribution in [1.29, 1.82) is 0 Å². The van der Waals surface area contributed by atoms with E-state index in [1.807, 2.05) is 47.9 Å². The van der Waals surface area contributed by atoms with E-state index in [0.717, 1.165) is 11.4 Å². The molecule has 0 radical (unpaired) electrons. The van der Waals surface area contributed by atoms with Gasteiger partial charge in [0.05, 0.1) is 12.4 Å². The smallest absolute Gasteiger partial charge is 0.230 e. The van der Waals surface area contributed by atoms with Gasteiger partial charge in [0.15, 0.2) is 11.0 Å². The van der Waals surface area contributed by atoms with Gasteiger partial charge in [0.2, 0.25) is 5.91 Å². The van der Waals surface area contributed by atoms with Crippen molar-refractivity contribution in [2.45, 2.75) is 18.7 Å². The number of carbonyl (C=O) groups excluding carboxylic acids is 1. The highest BCUT2D eigenvalue weighted by molar-refractivity contribution is 7.99. The van der Waals surface area contributed by atoms with Crippen LogP contribution in [0.5, 0.6) is 11.5 Å². The topological polar surface area (TPSA) is 78.3 Å². The predicted molar refractivity (Wildman–Crippen MR) is 113 cm³/mol. The number of aromatic nitrogens is 3. The molecule has 0 aliphatic heterocycles. The zero-order valence-electron chi connectivity index (χ0n) is 16.1. The van der Waals surface area contributed by atoms with Crippen LogP contribution in [0, 0.1) is 0 Å². The first-order valence-electron chi connectivity index (χ1n) is 9.00. The van der Waals surface area contributed by atoms with E-state index in [0.29, 0.717) is 28.4 Å². The lowest BCUT2D eigenvalue weighted by Crippen LogP contribution is -2.20. The summed E-state index contributed by atoms with van der Waals surface area (Å²) < 4.78 is 13.2. The molecule has 0 atom stereocenters. The quantitative estimate of drug-likeness (QED) is 0.519. The Morgan fingerprint density at radius 3 is 2.34 bits per heavy atom. The van der Waals surface area contributed by atoms with Crippen LogP contribution in [-0.2, 0) is 11.4 Å². The summed E-state index contributed by atoms with van der Waals surface area (Å²) in [7, 11) is 1.60. The highest BCUT2D eigenvalue weighted by atomic mass is 35.5. The standard InChI is InChI=1S/C20H21ClN4O3S/c1-3-27-16-8-10-17(11-9-16)28-12-18-23-24-20(29-13-19(26)22-2)25(18)15-6-4-14(21)5-7-15/h4-11H,3,12-13H2,1-2H3,(H,22,26). The summed E-state index contributed by atoms with van der Waals surface area (Å²) in [5, 5.41) is 12.3. The summed E-state index contributed by atoms with van der Waals surface area (Å²) in [6, 6.07) is 14.7. The SMILES string of the molecule is CCOc1ccc(OCc2nnc(SCC(=O)NC)n2-c2ccc(Cl)cc2)cc1. The number of hydrogen-bond acceptors (Lipinski definition) is 6. The Morgan fingerprint density at radius 2 is 1.72 bits per heavy atom. The van der Waals surface area contributed by atoms with Crippen molar-refractivity contribution in [3.63, 3.8) is 0 Å². The van der Waals surface area contributed by atoms with Crippen LogP contribution >= 0.6 is 23.4 Å². The largest absolute Gasteiger partial charge is 0.494 e. The first-order chi connectivity index (χ1) is 14.1. The van der Waals surface area contributed by atoms with Crippen LogP contribution in [0.2, 0.25) is 5.02 Å². The van der Waals surface area contributed by atoms with Crippen LogP contribution in [0.15, 0.2) is 53.7 Å². The van der Waals surface area contributed by atoms with Gasteiger partial charge in [-0.25, -0.2) is 0 Å². The lowest BCUT2D eigenvalue weighted by Gasteiger charge is -2.11. The molecular formula is C20H21ClN4O3S. The fraction of sp³-hybridized carbons (Fsp3) is 0.250. The summed E-state index contributed by atoms with van der Waals surface area (Å²) in [5.74, 6) is 2.24. The molecule has 1 N–H and O–H groups in total. The number of ether oxygens (including phenoxy) is 2. The molecule has 2 aromatic carbocycles. The molecule has 0 saturated heterocycles. The van der Waals surface area contributed by atoms with Gasteiger partial charge in [-0.3, -0.25) is 9.36 Å². The lowest BCUT2D eigenvalue weighted by molar-refractivity contribution is -0.118. The molecular weight excluding hydrogens is 412 g/mol. The maximum absolute atomic E-state index is 11.6. The zero-order valence-corrected chi connectivity index (χ0v) is 17.7. The normalized spacial score (nSPS) is 10.6. The first kappa shape index (κ1) is 21.0. The summed E-state index contributed by atoms with van der Waals surface area (Å²) in [6.45, 7) is 2.76. The van der Waals surface area contributed by atoms with E-state index in [2.05, 4.69) is 15.5 Å². The number of thioether (sulfide) groups is 1. The molecule has 0 fully saturated rings. The van der Waals surface area contributed by atoms with Gasteiger partial charge >= 0.3 is 0 Å². The molecule has 1 aromatic heterocycles. The summed E-state index contributed by atoms with van der Waals surface area (Å²) in [4.78, 5) is 11.6. The Morgan fingerprint density at radius 1 is 1.07 bits per heavy atom. The highest BCUT2D eigenvalue weighted by Crippen LogP contribution is 2.25. The molecule has 7 nitrogen and oxygen atoms in total. The van der Waals surface area contributed by atoms with Gasteiger partial charge in [-0.2, -0.15) is 0 Å². The van der Waals surface area contributed by atoms with Gasteiger partial charge in [-0.05, 0) is 55.5 Å². The van der Waals surface area contributed by atoms with Crippen molar-refractivity contribution >= 4 is 29.3 Å². The van der Waals surface area contributed by atoms with Crippen LogP contribution in [0.4, 0.5) is 0 Å². The first-order valence-corrected chi connectivity index (χ1v) is 10.4. The van der Waals surface area contributed by atoms with Crippen molar-refractivity contribution in [2.24, 2.45) is 0 Å². The molecule has 0 spiro atoms. The van der Waals surface area contributed by atoms with Crippen LogP contribution in [0.1, 0.15) is 12.7 Å². The van der Waals surface area contributed by atoms with Crippen molar-refractivity contribution in [1.82, 2.24) is 20.1 Å². The molecule has 29 heavy (non-hydrogen) atoms. The summed E-state index contributed by atoms with van der Waals surface area (Å²) in [6.07, 6.45) is 0. The van der Waals surface area contributed by atoms with E-state index in [9.17, 15) is 4.79 Å². The van der Waals surface area contributed by atoms with E-state index in [-0.39, 0.29) is 18.3 Å². The van der Waals surface area contributed by atoms with E-state index in [4.69, 9.17) is 21.1 Å². The molecule has 0 bridgehead atoms. The number of nitrogens with zero attached hydrogens (tertiary/aromatic N) is 3. The molecule has 0 aliphatic carbocycles. The molecule has 3 aromatic rings. The molecule has 1 heterocycles. The Labute approximate surface area is 178 Å². The van der Waals surface area contributed by atoms with Crippen molar-refractivity contribution < 1.29 is 14.3 Å². The second-order valence-corrected chi connectivity index (χ2v) is 7.24. The third kappa shape index (κ3) is 5.65. The molecule has 0 saturated carbocycles. The molecule has 3 rings (SSSR count). The monoisotopic (exact) mass is 432 g/mol. The van der Waals surface area contributed by atoms with E-state index >= 15 is 0 Å². The number of halogens is 1. The average molecular weight is 433 g/mol. The van der Waals surface area contributed by atoms with Gasteiger partial charge in [0.1, 0.15) is 18.1 Å². The maximum atomic E-state index is 11.6. The minimum atomic E-state index is -0.0900. The Kier molecular flexibility index (Phi) is 7.37. The Bertz CT molecular complexity index is 945. The van der Waals surface area contributed by atoms with E-state index in [1.54, 1.807) is 19.2 Å². The van der Waals surface area contributed by atoms with Gasteiger partial charge in [0, 0.05) is 17.8 Å². The number of nitrogens with one attached hydrogen (secondary N) is 1. The van der Waals surface area contributed by atoms with Crippen molar-refractivity contribution in [2.75, 3.05) is 19.4 Å². The van der Waals surface area contributed by atoms with Gasteiger partial charge in [0.25, 0.3) is 0 Å². The summed E-state index contributed by atoms with van der Waals surface area (Å²) >= 11 is 7.32. The van der Waals surface area contributed by atoms with Crippen LogP contribution in [-0.4, -0.2) is 40.1 Å². The maximum Gasteiger partial charge on any atom is 0.230 e. The molecule has 1 amide bonds. The fourth-order valence-electron chi connectivity index (χ4n) is 2.49. The van der Waals surface area contributed by atoms with Gasteiger partial charge in [-0.1, -0.05) is 23.4 Å². The fourth-order valence-corrected chi connectivity index (χ4v) is 3.45. The van der Waals surface area contributed by atoms with Crippen LogP contribution < -0.4 is 14.8 Å². The number of amides is 1. The molecule has 0 unspecified atom stereocenters. The predicted octanol–water partition coefficient (Wildman–Crippen LogP) is 3.74. The Hall–Kier alpha value is -2.71. The highest BCUT2D eigenvalue weighted by Gasteiger charge is 2.16. The number of carbonyl (C=O) groups is 1. The number of rotatable bonds is 9. The van der Waals surface area contributed by atoms with Crippen molar-refractivity contribution in [3.8, 4) is 17.2 Å². The van der Waals surface area contributed by atoms with E-state index in [1.165, 1.54) is 11.8 Å². The summed E-state index contributed by atoms with van der Waals surface area (Å²) in [5.41, 5.74) is 0.837. The molecule has 152 valence electrons. The second kappa shape index (κ2) is 10.2. The zero-order chi connectivity index (χ0) is 20.6. The average Bonchev–Trinajstić information content (AvgIpc) is 3.15. The van der Waals surface area contributed by atoms with Gasteiger partial charge < -0.3 is 14.8 Å². The second-order valence-electron chi connectivity index (χ2n) is 5.87.